The summed E-state index contributed by atoms with van der Waals surface area (Å²) in [6.07, 6.45) is 0. The number of fused-ring (bicyclic) bond motifs is 1. The lowest BCUT2D eigenvalue weighted by Crippen LogP contribution is -3.13. The normalized spacial score (nSPS) is 15.8. The summed E-state index contributed by atoms with van der Waals surface area (Å²) >= 11 is 0. The molecule has 0 unspecified atom stereocenters. The molecule has 0 saturated carbocycles. The van der Waals surface area contributed by atoms with Crippen molar-refractivity contribution in [1.82, 2.24) is 4.31 Å². The standard InChI is InChI=1S/C24H27N3O6S/c1-16(2)19-14-20-18(13-24(28)33-22(20)12-17(19)3)15-25-8-10-26(11-9-25)34(31,32)23-7-5-4-6-21(23)27(29)30/h4-7,12-14,16H,8-11,15H2,1-3H3/p+1. The van der Waals surface area contributed by atoms with E-state index in [-0.39, 0.29) is 18.0 Å². The first kappa shape index (κ1) is 24.1. The monoisotopic (exact) mass is 486 g/mol. The summed E-state index contributed by atoms with van der Waals surface area (Å²) in [5, 5.41) is 12.2. The Bertz CT molecular complexity index is 1410. The lowest BCUT2D eigenvalue weighted by Gasteiger charge is -2.31. The van der Waals surface area contributed by atoms with Crippen LogP contribution in [0.5, 0.6) is 0 Å². The maximum atomic E-state index is 13.1. The number of piperazine rings is 1. The molecule has 0 atom stereocenters. The van der Waals surface area contributed by atoms with Crippen LogP contribution in [-0.2, 0) is 16.6 Å². The lowest BCUT2D eigenvalue weighted by atomic mass is 9.95. The van der Waals surface area contributed by atoms with Crippen LogP contribution in [0.3, 0.4) is 0 Å². The molecule has 2 aromatic carbocycles. The van der Waals surface area contributed by atoms with Gasteiger partial charge in [0.25, 0.3) is 5.69 Å². The van der Waals surface area contributed by atoms with Gasteiger partial charge in [-0.15, -0.1) is 0 Å². The van der Waals surface area contributed by atoms with Crippen molar-refractivity contribution < 1.29 is 22.7 Å². The molecule has 2 heterocycles. The molecule has 1 N–H and O–H groups in total. The van der Waals surface area contributed by atoms with E-state index < -0.39 is 26.3 Å². The van der Waals surface area contributed by atoms with Crippen LogP contribution in [-0.4, -0.2) is 43.8 Å². The number of rotatable bonds is 6. The molecule has 0 spiro atoms. The highest BCUT2D eigenvalue weighted by Gasteiger charge is 2.35. The maximum Gasteiger partial charge on any atom is 0.336 e. The van der Waals surface area contributed by atoms with Gasteiger partial charge in [0.15, 0.2) is 4.90 Å². The van der Waals surface area contributed by atoms with Gasteiger partial charge < -0.3 is 9.32 Å². The van der Waals surface area contributed by atoms with Crippen molar-refractivity contribution in [2.75, 3.05) is 26.2 Å². The predicted molar refractivity (Wildman–Crippen MR) is 128 cm³/mol. The SMILES string of the molecule is Cc1cc2oc(=O)cc(C[NH+]3CCN(S(=O)(=O)c4ccccc4[N+](=O)[O-])CC3)c2cc1C(C)C. The fourth-order valence-electron chi connectivity index (χ4n) is 4.61. The van der Waals surface area contributed by atoms with Gasteiger partial charge in [0.1, 0.15) is 12.1 Å². The number of para-hydroxylation sites is 1. The van der Waals surface area contributed by atoms with E-state index in [0.717, 1.165) is 21.4 Å². The van der Waals surface area contributed by atoms with E-state index in [0.29, 0.717) is 31.1 Å². The van der Waals surface area contributed by atoms with Gasteiger partial charge in [-0.25, -0.2) is 13.2 Å². The Morgan fingerprint density at radius 1 is 1.15 bits per heavy atom. The van der Waals surface area contributed by atoms with Crippen LogP contribution in [0.15, 0.2) is 56.6 Å². The second-order valence-corrected chi connectivity index (χ2v) is 10.9. The predicted octanol–water partition coefficient (Wildman–Crippen LogP) is 2.22. The second kappa shape index (κ2) is 9.28. The van der Waals surface area contributed by atoms with Gasteiger partial charge in [0.2, 0.25) is 10.0 Å². The maximum absolute atomic E-state index is 13.1. The molecule has 1 aromatic heterocycles. The average molecular weight is 487 g/mol. The summed E-state index contributed by atoms with van der Waals surface area (Å²) in [7, 11) is -3.98. The van der Waals surface area contributed by atoms with Crippen molar-refractivity contribution in [3.63, 3.8) is 0 Å². The molecule has 180 valence electrons. The first-order chi connectivity index (χ1) is 16.1. The van der Waals surface area contributed by atoms with E-state index in [1.54, 1.807) is 0 Å². The molecule has 1 saturated heterocycles. The Balaban J connectivity index is 1.56. The largest absolute Gasteiger partial charge is 0.423 e. The van der Waals surface area contributed by atoms with Gasteiger partial charge in [-0.1, -0.05) is 26.0 Å². The molecular weight excluding hydrogens is 458 g/mol. The Kier molecular flexibility index (Phi) is 6.57. The number of sulfonamides is 1. The third-order valence-electron chi connectivity index (χ3n) is 6.39. The molecule has 0 radical (unpaired) electrons. The highest BCUT2D eigenvalue weighted by Crippen LogP contribution is 2.28. The van der Waals surface area contributed by atoms with Crippen LogP contribution in [0.2, 0.25) is 0 Å². The fraction of sp³-hybridized carbons (Fsp3) is 0.375. The van der Waals surface area contributed by atoms with Crippen LogP contribution in [0.4, 0.5) is 5.69 Å². The first-order valence-corrected chi connectivity index (χ1v) is 12.7. The van der Waals surface area contributed by atoms with Gasteiger partial charge in [-0.3, -0.25) is 10.1 Å². The molecule has 3 aromatic rings. The minimum absolute atomic E-state index is 0.236. The molecular formula is C24H28N3O6S+. The molecule has 1 aliphatic rings. The minimum Gasteiger partial charge on any atom is -0.423 e. The second-order valence-electron chi connectivity index (χ2n) is 9.01. The number of hydrogen-bond donors (Lipinski definition) is 1. The molecule has 0 bridgehead atoms. The topological polar surface area (TPSA) is 115 Å². The molecule has 34 heavy (non-hydrogen) atoms. The Morgan fingerprint density at radius 2 is 1.82 bits per heavy atom. The van der Waals surface area contributed by atoms with Crippen molar-refractivity contribution in [2.45, 2.75) is 38.1 Å². The Hall–Kier alpha value is -3.08. The van der Waals surface area contributed by atoms with Gasteiger partial charge in [0, 0.05) is 23.1 Å². The van der Waals surface area contributed by atoms with Gasteiger partial charge in [0.05, 0.1) is 31.1 Å². The Morgan fingerprint density at radius 3 is 2.47 bits per heavy atom. The number of quaternary nitrogens is 1. The number of nitro groups is 1. The summed E-state index contributed by atoms with van der Waals surface area (Å²) < 4.78 is 32.9. The number of nitrogens with one attached hydrogen (secondary N) is 1. The lowest BCUT2D eigenvalue weighted by molar-refractivity contribution is -0.917. The zero-order chi connectivity index (χ0) is 24.6. The molecule has 4 rings (SSSR count). The summed E-state index contributed by atoms with van der Waals surface area (Å²) in [4.78, 5) is 23.7. The number of nitrogens with zero attached hydrogens (tertiary/aromatic N) is 2. The number of nitro benzene ring substituents is 1. The van der Waals surface area contributed by atoms with E-state index in [4.69, 9.17) is 4.42 Å². The molecule has 1 fully saturated rings. The minimum atomic E-state index is -3.98. The zero-order valence-electron chi connectivity index (χ0n) is 19.4. The molecule has 10 heteroatoms. The van der Waals surface area contributed by atoms with Crippen molar-refractivity contribution >= 4 is 26.7 Å². The van der Waals surface area contributed by atoms with Crippen LogP contribution in [0.1, 0.15) is 36.5 Å². The average Bonchev–Trinajstić information content (AvgIpc) is 2.78. The van der Waals surface area contributed by atoms with Crippen LogP contribution < -0.4 is 10.5 Å². The number of hydrogen-bond acceptors (Lipinski definition) is 6. The third kappa shape index (κ3) is 4.61. The van der Waals surface area contributed by atoms with Crippen molar-refractivity contribution in [2.24, 2.45) is 0 Å². The van der Waals surface area contributed by atoms with Gasteiger partial charge >= 0.3 is 5.63 Å². The molecule has 1 aliphatic heterocycles. The van der Waals surface area contributed by atoms with Crippen molar-refractivity contribution in [1.29, 1.82) is 0 Å². The fourth-order valence-corrected chi connectivity index (χ4v) is 6.21. The summed E-state index contributed by atoms with van der Waals surface area (Å²) in [5.41, 5.74) is 2.87. The third-order valence-corrected chi connectivity index (χ3v) is 8.33. The zero-order valence-corrected chi connectivity index (χ0v) is 20.2. The van der Waals surface area contributed by atoms with E-state index in [1.165, 1.54) is 40.2 Å². The smallest absolute Gasteiger partial charge is 0.336 e. The van der Waals surface area contributed by atoms with Gasteiger partial charge in [-0.05, 0) is 42.2 Å². The molecule has 0 aliphatic carbocycles. The van der Waals surface area contributed by atoms with Crippen molar-refractivity contribution in [3.8, 4) is 0 Å². The Labute approximate surface area is 197 Å². The number of benzene rings is 2. The van der Waals surface area contributed by atoms with Crippen LogP contribution in [0.25, 0.3) is 11.0 Å². The highest BCUT2D eigenvalue weighted by atomic mass is 32.2. The molecule has 9 nitrogen and oxygen atoms in total. The van der Waals surface area contributed by atoms with Gasteiger partial charge in [-0.2, -0.15) is 4.31 Å². The number of aryl methyl sites for hydroxylation is 1. The first-order valence-electron chi connectivity index (χ1n) is 11.2. The summed E-state index contributed by atoms with van der Waals surface area (Å²) in [6.45, 7) is 8.31. The summed E-state index contributed by atoms with van der Waals surface area (Å²) in [5.74, 6) is 0.326. The van der Waals surface area contributed by atoms with E-state index in [9.17, 15) is 23.3 Å². The molecule has 0 amide bonds. The van der Waals surface area contributed by atoms with E-state index in [1.807, 2.05) is 13.0 Å². The highest BCUT2D eigenvalue weighted by molar-refractivity contribution is 7.89. The van der Waals surface area contributed by atoms with Crippen LogP contribution in [0, 0.1) is 17.0 Å². The quantitative estimate of drug-likeness (QED) is 0.325. The van der Waals surface area contributed by atoms with E-state index >= 15 is 0 Å². The van der Waals surface area contributed by atoms with Crippen molar-refractivity contribution in [3.05, 3.63) is 79.7 Å². The van der Waals surface area contributed by atoms with E-state index in [2.05, 4.69) is 19.9 Å². The van der Waals surface area contributed by atoms with Crippen LogP contribution >= 0.6 is 0 Å². The summed E-state index contributed by atoms with van der Waals surface area (Å²) in [6, 6.07) is 10.9.